The van der Waals surface area contributed by atoms with Crippen LogP contribution in [0.1, 0.15) is 36.8 Å². The maximum absolute atomic E-state index is 13.3. The van der Waals surface area contributed by atoms with Gasteiger partial charge in [0.2, 0.25) is 0 Å². The molecule has 2 aliphatic rings. The van der Waals surface area contributed by atoms with Crippen molar-refractivity contribution in [3.8, 4) is 0 Å². The highest BCUT2D eigenvalue weighted by atomic mass is 19.4. The van der Waals surface area contributed by atoms with E-state index in [1.807, 2.05) is 0 Å². The Morgan fingerprint density at radius 3 is 2.41 bits per heavy atom. The van der Waals surface area contributed by atoms with Gasteiger partial charge in [-0.1, -0.05) is 0 Å². The monoisotopic (exact) mass is 316 g/mol. The molecule has 2 atom stereocenters. The van der Waals surface area contributed by atoms with Gasteiger partial charge in [-0.3, -0.25) is 4.79 Å². The van der Waals surface area contributed by atoms with Crippen LogP contribution in [0.15, 0.2) is 18.2 Å². The molecule has 6 heteroatoms. The molecule has 0 N–H and O–H groups in total. The molecular weight excluding hydrogens is 300 g/mol. The molecule has 2 unspecified atom stereocenters. The summed E-state index contributed by atoms with van der Waals surface area (Å²) < 4.78 is 57.8. The van der Waals surface area contributed by atoms with Gasteiger partial charge in [0, 0.05) is 12.3 Å². The average Bonchev–Trinajstić information content (AvgIpc) is 2.76. The van der Waals surface area contributed by atoms with E-state index < -0.39 is 17.6 Å². The first-order chi connectivity index (χ1) is 10.3. The summed E-state index contributed by atoms with van der Waals surface area (Å²) in [5.41, 5.74) is -1.21. The Labute approximate surface area is 125 Å². The Morgan fingerprint density at radius 2 is 1.82 bits per heavy atom. The SMILES string of the molecule is O=C(Cc1cc(F)ccc1C(F)(F)F)C1CC2CCC(C1)O2. The lowest BCUT2D eigenvalue weighted by molar-refractivity contribution is -0.138. The van der Waals surface area contributed by atoms with Crippen LogP contribution in [0.2, 0.25) is 0 Å². The van der Waals surface area contributed by atoms with E-state index in [9.17, 15) is 22.4 Å². The molecule has 0 saturated carbocycles. The fourth-order valence-electron chi connectivity index (χ4n) is 3.44. The van der Waals surface area contributed by atoms with Gasteiger partial charge >= 0.3 is 6.18 Å². The van der Waals surface area contributed by atoms with Gasteiger partial charge in [-0.2, -0.15) is 13.2 Å². The zero-order chi connectivity index (χ0) is 15.9. The van der Waals surface area contributed by atoms with Crippen LogP contribution in [0.3, 0.4) is 0 Å². The van der Waals surface area contributed by atoms with Crippen LogP contribution in [0.25, 0.3) is 0 Å². The van der Waals surface area contributed by atoms with Crippen LogP contribution in [-0.2, 0) is 22.1 Å². The van der Waals surface area contributed by atoms with Crippen LogP contribution in [0.4, 0.5) is 17.6 Å². The molecule has 2 fully saturated rings. The lowest BCUT2D eigenvalue weighted by atomic mass is 9.87. The zero-order valence-corrected chi connectivity index (χ0v) is 11.8. The van der Waals surface area contributed by atoms with E-state index in [4.69, 9.17) is 4.74 Å². The Bertz CT molecular complexity index is 570. The molecule has 0 aromatic heterocycles. The molecule has 22 heavy (non-hydrogen) atoms. The maximum atomic E-state index is 13.3. The van der Waals surface area contributed by atoms with Crippen molar-refractivity contribution in [3.05, 3.63) is 35.1 Å². The number of alkyl halides is 3. The van der Waals surface area contributed by atoms with Crippen molar-refractivity contribution >= 4 is 5.78 Å². The van der Waals surface area contributed by atoms with Gasteiger partial charge in [0.05, 0.1) is 17.8 Å². The normalized spacial score (nSPS) is 27.9. The molecule has 1 aromatic carbocycles. The van der Waals surface area contributed by atoms with Crippen molar-refractivity contribution in [2.24, 2.45) is 5.92 Å². The highest BCUT2D eigenvalue weighted by molar-refractivity contribution is 5.83. The van der Waals surface area contributed by atoms with E-state index >= 15 is 0 Å². The van der Waals surface area contributed by atoms with Crippen molar-refractivity contribution in [2.75, 3.05) is 0 Å². The summed E-state index contributed by atoms with van der Waals surface area (Å²) >= 11 is 0. The fraction of sp³-hybridized carbons (Fsp3) is 0.562. The summed E-state index contributed by atoms with van der Waals surface area (Å²) in [6, 6.07) is 2.28. The number of carbonyl (C=O) groups excluding carboxylic acids is 1. The second-order valence-electron chi connectivity index (χ2n) is 6.07. The number of carbonyl (C=O) groups is 1. The van der Waals surface area contributed by atoms with Gasteiger partial charge in [-0.05, 0) is 49.4 Å². The molecule has 120 valence electrons. The number of ether oxygens (including phenoxy) is 1. The van der Waals surface area contributed by atoms with Crippen LogP contribution in [-0.4, -0.2) is 18.0 Å². The smallest absolute Gasteiger partial charge is 0.375 e. The van der Waals surface area contributed by atoms with Crippen molar-refractivity contribution in [2.45, 2.75) is 50.5 Å². The third kappa shape index (κ3) is 3.16. The first kappa shape index (κ1) is 15.5. The lowest BCUT2D eigenvalue weighted by Gasteiger charge is -2.27. The van der Waals surface area contributed by atoms with Gasteiger partial charge in [0.15, 0.2) is 0 Å². The number of Topliss-reactive ketones (excluding diaryl/α,β-unsaturated/α-hetero) is 1. The largest absolute Gasteiger partial charge is 0.416 e. The van der Waals surface area contributed by atoms with Gasteiger partial charge in [-0.25, -0.2) is 4.39 Å². The summed E-state index contributed by atoms with van der Waals surface area (Å²) in [6.07, 6.45) is -1.94. The highest BCUT2D eigenvalue weighted by Gasteiger charge is 2.39. The molecule has 0 aliphatic carbocycles. The van der Waals surface area contributed by atoms with E-state index in [1.54, 1.807) is 0 Å². The Kier molecular flexibility index (Phi) is 3.97. The van der Waals surface area contributed by atoms with E-state index in [0.29, 0.717) is 18.9 Å². The number of hydrogen-bond donors (Lipinski definition) is 0. The highest BCUT2D eigenvalue weighted by Crippen LogP contribution is 2.38. The summed E-state index contributed by atoms with van der Waals surface area (Å²) in [5.74, 6) is -1.30. The Morgan fingerprint density at radius 1 is 1.18 bits per heavy atom. The van der Waals surface area contributed by atoms with Crippen LogP contribution < -0.4 is 0 Å². The summed E-state index contributed by atoms with van der Waals surface area (Å²) in [5, 5.41) is 0. The molecule has 2 heterocycles. The first-order valence-electron chi connectivity index (χ1n) is 7.36. The third-order valence-electron chi connectivity index (χ3n) is 4.48. The van der Waals surface area contributed by atoms with E-state index in [0.717, 1.165) is 25.0 Å². The minimum absolute atomic E-state index is 0.0438. The minimum Gasteiger partial charge on any atom is -0.375 e. The Hall–Kier alpha value is -1.43. The second-order valence-corrected chi connectivity index (χ2v) is 6.07. The predicted molar refractivity (Wildman–Crippen MR) is 70.7 cm³/mol. The molecule has 0 amide bonds. The molecule has 2 bridgehead atoms. The molecular formula is C16H16F4O2. The maximum Gasteiger partial charge on any atom is 0.416 e. The molecule has 0 radical (unpaired) electrons. The topological polar surface area (TPSA) is 26.3 Å². The fourth-order valence-corrected chi connectivity index (χ4v) is 3.44. The quantitative estimate of drug-likeness (QED) is 0.790. The van der Waals surface area contributed by atoms with E-state index in [2.05, 4.69) is 0 Å². The molecule has 2 aliphatic heterocycles. The third-order valence-corrected chi connectivity index (χ3v) is 4.48. The number of rotatable bonds is 3. The van der Waals surface area contributed by atoms with Crippen LogP contribution in [0, 0.1) is 11.7 Å². The van der Waals surface area contributed by atoms with Crippen LogP contribution in [0.5, 0.6) is 0 Å². The van der Waals surface area contributed by atoms with Crippen molar-refractivity contribution in [1.82, 2.24) is 0 Å². The van der Waals surface area contributed by atoms with E-state index in [-0.39, 0.29) is 35.9 Å². The molecule has 2 nitrogen and oxygen atoms in total. The minimum atomic E-state index is -4.59. The number of halogens is 4. The van der Waals surface area contributed by atoms with Crippen molar-refractivity contribution in [3.63, 3.8) is 0 Å². The van der Waals surface area contributed by atoms with Crippen molar-refractivity contribution in [1.29, 1.82) is 0 Å². The number of hydrogen-bond acceptors (Lipinski definition) is 2. The zero-order valence-electron chi connectivity index (χ0n) is 11.8. The summed E-state index contributed by atoms with van der Waals surface area (Å²) in [4.78, 5) is 12.3. The first-order valence-corrected chi connectivity index (χ1v) is 7.36. The van der Waals surface area contributed by atoms with Crippen LogP contribution >= 0.6 is 0 Å². The van der Waals surface area contributed by atoms with Gasteiger partial charge in [0.25, 0.3) is 0 Å². The number of benzene rings is 1. The predicted octanol–water partition coefficient (Wildman–Crippen LogP) is 3.91. The molecule has 3 rings (SSSR count). The van der Waals surface area contributed by atoms with Crippen molar-refractivity contribution < 1.29 is 27.1 Å². The summed E-state index contributed by atoms with van der Waals surface area (Å²) in [6.45, 7) is 0. The van der Waals surface area contributed by atoms with E-state index in [1.165, 1.54) is 0 Å². The van der Waals surface area contributed by atoms with Gasteiger partial charge < -0.3 is 4.74 Å². The van der Waals surface area contributed by atoms with Gasteiger partial charge in [-0.15, -0.1) is 0 Å². The lowest BCUT2D eigenvalue weighted by Crippen LogP contribution is -2.31. The Balaban J connectivity index is 1.78. The molecule has 1 aromatic rings. The average molecular weight is 316 g/mol. The molecule has 0 spiro atoms. The number of ketones is 1. The number of fused-ring (bicyclic) bond motifs is 2. The summed E-state index contributed by atoms with van der Waals surface area (Å²) in [7, 11) is 0. The standard InChI is InChI=1S/C16H16F4O2/c17-11-1-4-14(16(18,19)20)9(5-11)8-15(21)10-6-12-2-3-13(7-10)22-12/h1,4-5,10,12-13H,2-3,6-8H2. The van der Waals surface area contributed by atoms with Gasteiger partial charge in [0.1, 0.15) is 11.6 Å². The second kappa shape index (κ2) is 5.65. The molecule has 2 saturated heterocycles.